The van der Waals surface area contributed by atoms with Crippen molar-refractivity contribution in [2.24, 2.45) is 7.05 Å². The zero-order valence-corrected chi connectivity index (χ0v) is 13.1. The lowest BCUT2D eigenvalue weighted by molar-refractivity contribution is 0.102. The number of para-hydroxylation sites is 1. The molecule has 1 aliphatic heterocycles. The maximum atomic E-state index is 12.5. The molecule has 0 bridgehead atoms. The second-order valence-corrected chi connectivity index (χ2v) is 6.31. The number of carbonyl (C=O) groups excluding carboxylic acids is 1. The lowest BCUT2D eigenvalue weighted by Crippen LogP contribution is -2.12. The third-order valence-corrected chi connectivity index (χ3v) is 4.77. The van der Waals surface area contributed by atoms with Gasteiger partial charge >= 0.3 is 5.76 Å². The highest BCUT2D eigenvalue weighted by atomic mass is 32.1. The topological polar surface area (TPSA) is 86.4 Å². The molecule has 2 aromatic heterocycles. The van der Waals surface area contributed by atoms with Crippen molar-refractivity contribution in [3.05, 3.63) is 44.9 Å². The molecule has 3 heterocycles. The van der Waals surface area contributed by atoms with Gasteiger partial charge in [-0.05, 0) is 12.1 Å². The van der Waals surface area contributed by atoms with Gasteiger partial charge in [0.2, 0.25) is 0 Å². The fourth-order valence-electron chi connectivity index (χ4n) is 2.57. The van der Waals surface area contributed by atoms with Crippen molar-refractivity contribution in [2.75, 3.05) is 11.9 Å². The predicted octanol–water partition coefficient (Wildman–Crippen LogP) is 1.91. The Kier molecular flexibility index (Phi) is 3.28. The molecule has 0 saturated carbocycles. The average molecular weight is 331 g/mol. The molecular weight excluding hydrogens is 318 g/mol. The maximum absolute atomic E-state index is 12.5. The van der Waals surface area contributed by atoms with Crippen molar-refractivity contribution in [1.82, 2.24) is 9.55 Å². The van der Waals surface area contributed by atoms with Gasteiger partial charge in [0.1, 0.15) is 0 Å². The number of carbonyl (C=O) groups is 1. The van der Waals surface area contributed by atoms with Crippen LogP contribution in [0.25, 0.3) is 11.1 Å². The first-order valence-corrected chi connectivity index (χ1v) is 7.91. The van der Waals surface area contributed by atoms with Crippen molar-refractivity contribution in [2.45, 2.75) is 13.0 Å². The van der Waals surface area contributed by atoms with Crippen molar-refractivity contribution in [3.63, 3.8) is 0 Å². The Morgan fingerprint density at radius 1 is 1.43 bits per heavy atom. The number of nitrogens with one attached hydrogen (secondary N) is 1. The molecule has 0 unspecified atom stereocenters. The van der Waals surface area contributed by atoms with E-state index in [9.17, 15) is 9.59 Å². The molecule has 1 aromatic carbocycles. The van der Waals surface area contributed by atoms with Crippen LogP contribution in [0, 0.1) is 0 Å². The highest BCUT2D eigenvalue weighted by Gasteiger charge is 2.20. The highest BCUT2D eigenvalue weighted by Crippen LogP contribution is 2.28. The first-order chi connectivity index (χ1) is 11.1. The Morgan fingerprint density at radius 2 is 2.30 bits per heavy atom. The van der Waals surface area contributed by atoms with Crippen molar-refractivity contribution < 1.29 is 13.9 Å². The Morgan fingerprint density at radius 3 is 3.13 bits per heavy atom. The van der Waals surface area contributed by atoms with Gasteiger partial charge in [0.25, 0.3) is 5.91 Å². The van der Waals surface area contributed by atoms with E-state index >= 15 is 0 Å². The molecule has 8 heteroatoms. The number of benzene rings is 1. The molecule has 7 nitrogen and oxygen atoms in total. The minimum Gasteiger partial charge on any atom is -0.407 e. The van der Waals surface area contributed by atoms with Crippen LogP contribution in [0.3, 0.4) is 0 Å². The number of ether oxygens (including phenoxy) is 1. The summed E-state index contributed by atoms with van der Waals surface area (Å²) in [7, 11) is 1.60. The molecule has 0 spiro atoms. The quantitative estimate of drug-likeness (QED) is 0.775. The number of aryl methyl sites for hydroxylation is 1. The molecule has 4 rings (SSSR count). The minimum atomic E-state index is -0.498. The van der Waals surface area contributed by atoms with Crippen LogP contribution >= 0.6 is 11.3 Å². The lowest BCUT2D eigenvalue weighted by Gasteiger charge is -2.08. The number of hydrogen-bond donors (Lipinski definition) is 1. The number of anilines is 1. The molecule has 0 fully saturated rings. The molecule has 3 aromatic rings. The number of rotatable bonds is 2. The summed E-state index contributed by atoms with van der Waals surface area (Å²) in [4.78, 5) is 29.6. The first-order valence-electron chi connectivity index (χ1n) is 7.09. The Hall–Kier alpha value is -2.45. The van der Waals surface area contributed by atoms with Crippen molar-refractivity contribution in [1.29, 1.82) is 0 Å². The van der Waals surface area contributed by atoms with Gasteiger partial charge in [-0.25, -0.2) is 9.78 Å². The van der Waals surface area contributed by atoms with Gasteiger partial charge in [-0.1, -0.05) is 17.4 Å². The van der Waals surface area contributed by atoms with E-state index in [4.69, 9.17) is 9.15 Å². The molecule has 0 saturated heterocycles. The minimum absolute atomic E-state index is 0.280. The number of fused-ring (bicyclic) bond motifs is 2. The van der Waals surface area contributed by atoms with Crippen LogP contribution in [0.5, 0.6) is 0 Å². The molecule has 1 aliphatic rings. The average Bonchev–Trinajstić information content (AvgIpc) is 3.08. The number of amides is 1. The zero-order chi connectivity index (χ0) is 16.0. The lowest BCUT2D eigenvalue weighted by atomic mass is 10.2. The Labute approximate surface area is 134 Å². The van der Waals surface area contributed by atoms with Crippen LogP contribution in [0.2, 0.25) is 0 Å². The van der Waals surface area contributed by atoms with Crippen molar-refractivity contribution >= 4 is 33.5 Å². The van der Waals surface area contributed by atoms with Crippen LogP contribution in [-0.4, -0.2) is 22.1 Å². The second kappa shape index (κ2) is 5.32. The third-order valence-electron chi connectivity index (χ3n) is 3.78. The predicted molar refractivity (Wildman–Crippen MR) is 84.9 cm³/mol. The van der Waals surface area contributed by atoms with Crippen LogP contribution in [0.1, 0.15) is 20.9 Å². The van der Waals surface area contributed by atoms with Crippen molar-refractivity contribution in [3.8, 4) is 0 Å². The summed E-state index contributed by atoms with van der Waals surface area (Å²) in [5.41, 5.74) is 2.14. The zero-order valence-electron chi connectivity index (χ0n) is 12.3. The van der Waals surface area contributed by atoms with Gasteiger partial charge in [0.15, 0.2) is 10.7 Å². The number of thiazole rings is 1. The second-order valence-electron chi connectivity index (χ2n) is 5.23. The fourth-order valence-corrected chi connectivity index (χ4v) is 3.51. The molecule has 1 N–H and O–H groups in total. The fraction of sp³-hybridized carbons (Fsp3) is 0.267. The van der Waals surface area contributed by atoms with E-state index in [1.807, 2.05) is 0 Å². The molecule has 0 aliphatic carbocycles. The molecule has 1 amide bonds. The SMILES string of the molecule is Cn1c(=O)oc2c(C(=O)Nc3nc4c(s3)COCC4)cccc21. The number of oxazole rings is 1. The highest BCUT2D eigenvalue weighted by molar-refractivity contribution is 7.15. The standard InChI is InChI=1S/C15H13N3O4S/c1-18-10-4-2-3-8(12(10)22-15(18)20)13(19)17-14-16-9-5-6-21-7-11(9)23-14/h2-4H,5-7H2,1H3,(H,16,17,19). The monoisotopic (exact) mass is 331 g/mol. The number of hydrogen-bond acceptors (Lipinski definition) is 6. The van der Waals surface area contributed by atoms with Crippen LogP contribution in [-0.2, 0) is 24.8 Å². The van der Waals surface area contributed by atoms with E-state index in [0.29, 0.717) is 29.4 Å². The van der Waals surface area contributed by atoms with Gasteiger partial charge in [-0.3, -0.25) is 14.7 Å². The Bertz CT molecular complexity index is 945. The number of aromatic nitrogens is 2. The summed E-state index contributed by atoms with van der Waals surface area (Å²) in [5.74, 6) is -0.848. The summed E-state index contributed by atoms with van der Waals surface area (Å²) in [6, 6.07) is 5.07. The maximum Gasteiger partial charge on any atom is 0.419 e. The largest absolute Gasteiger partial charge is 0.419 e. The molecule has 23 heavy (non-hydrogen) atoms. The summed E-state index contributed by atoms with van der Waals surface area (Å²) >= 11 is 1.41. The molecule has 118 valence electrons. The van der Waals surface area contributed by atoms with E-state index in [0.717, 1.165) is 17.0 Å². The smallest absolute Gasteiger partial charge is 0.407 e. The summed E-state index contributed by atoms with van der Waals surface area (Å²) in [6.07, 6.45) is 0.755. The molecule has 0 radical (unpaired) electrons. The third kappa shape index (κ3) is 2.36. The van der Waals surface area contributed by atoms with E-state index in [1.165, 1.54) is 15.9 Å². The molecular formula is C15H13N3O4S. The van der Waals surface area contributed by atoms with Crippen LogP contribution < -0.4 is 11.1 Å². The first kappa shape index (κ1) is 14.2. The molecule has 0 atom stereocenters. The summed E-state index contributed by atoms with van der Waals surface area (Å²) in [5, 5.41) is 3.31. The van der Waals surface area contributed by atoms with Gasteiger partial charge in [-0.2, -0.15) is 0 Å². The van der Waals surface area contributed by atoms with Gasteiger partial charge in [-0.15, -0.1) is 0 Å². The Balaban J connectivity index is 1.68. The normalized spacial score (nSPS) is 14.0. The summed E-state index contributed by atoms with van der Waals surface area (Å²) in [6.45, 7) is 1.19. The van der Waals surface area contributed by atoms with E-state index in [1.54, 1.807) is 25.2 Å². The van der Waals surface area contributed by atoms with Crippen LogP contribution in [0.4, 0.5) is 5.13 Å². The van der Waals surface area contributed by atoms with E-state index in [-0.39, 0.29) is 11.5 Å². The van der Waals surface area contributed by atoms with Gasteiger partial charge in [0, 0.05) is 13.5 Å². The summed E-state index contributed by atoms with van der Waals surface area (Å²) < 4.78 is 11.9. The number of nitrogens with zero attached hydrogens (tertiary/aromatic N) is 2. The van der Waals surface area contributed by atoms with Crippen LogP contribution in [0.15, 0.2) is 27.4 Å². The van der Waals surface area contributed by atoms with E-state index < -0.39 is 5.76 Å². The van der Waals surface area contributed by atoms with Gasteiger partial charge < -0.3 is 9.15 Å². The van der Waals surface area contributed by atoms with E-state index in [2.05, 4.69) is 10.3 Å². The van der Waals surface area contributed by atoms with Gasteiger partial charge in [0.05, 0.1) is 34.9 Å².